The van der Waals surface area contributed by atoms with Gasteiger partial charge in [-0.3, -0.25) is 0 Å². The molecule has 0 amide bonds. The van der Waals surface area contributed by atoms with Gasteiger partial charge in [0.05, 0.1) is 5.52 Å². The molecule has 0 bridgehead atoms. The lowest BCUT2D eigenvalue weighted by molar-refractivity contribution is 0.308. The van der Waals surface area contributed by atoms with E-state index in [1.165, 1.54) is 39.9 Å². The van der Waals surface area contributed by atoms with Crippen LogP contribution in [0.15, 0.2) is 42.5 Å². The minimum absolute atomic E-state index is 0.197. The highest BCUT2D eigenvalue weighted by Gasteiger charge is 2.21. The fraction of sp³-hybridized carbons (Fsp3) is 0.273. The number of hydrogen-bond donors (Lipinski definition) is 0. The fourth-order valence-electron chi connectivity index (χ4n) is 3.76. The number of likely N-dealkylation sites (N-methyl/N-ethyl adjacent to an activating group) is 1. The Morgan fingerprint density at radius 2 is 1.88 bits per heavy atom. The van der Waals surface area contributed by atoms with Crippen molar-refractivity contribution in [2.24, 2.45) is 0 Å². The van der Waals surface area contributed by atoms with Gasteiger partial charge in [0, 0.05) is 30.4 Å². The molecule has 3 heteroatoms. The predicted molar refractivity (Wildman–Crippen MR) is 103 cm³/mol. The molecule has 0 radical (unpaired) electrons. The molecule has 1 aliphatic heterocycles. The number of fused-ring (bicyclic) bond motifs is 3. The number of halogens is 1. The lowest BCUT2D eigenvalue weighted by Gasteiger charge is -2.24. The Kier molecular flexibility index (Phi) is 3.97. The largest absolute Gasteiger partial charge is 0.318 e. The van der Waals surface area contributed by atoms with E-state index in [9.17, 15) is 4.39 Å². The zero-order valence-electron chi connectivity index (χ0n) is 15.0. The number of hydrogen-bond acceptors (Lipinski definition) is 1. The van der Waals surface area contributed by atoms with E-state index in [1.807, 2.05) is 12.1 Å². The Morgan fingerprint density at radius 3 is 2.64 bits per heavy atom. The normalized spacial score (nSPS) is 15.6. The monoisotopic (exact) mass is 334 g/mol. The van der Waals surface area contributed by atoms with Gasteiger partial charge < -0.3 is 9.47 Å². The molecule has 1 aromatic heterocycles. The number of rotatable bonds is 2. The second kappa shape index (κ2) is 6.16. The summed E-state index contributed by atoms with van der Waals surface area (Å²) in [6.45, 7) is 6.29. The van der Waals surface area contributed by atoms with Crippen LogP contribution in [0.5, 0.6) is 0 Å². The highest BCUT2D eigenvalue weighted by molar-refractivity contribution is 5.90. The molecule has 0 aliphatic carbocycles. The van der Waals surface area contributed by atoms with Gasteiger partial charge in [-0.25, -0.2) is 4.39 Å². The molecule has 2 heterocycles. The number of aryl methyl sites for hydroxylation is 1. The van der Waals surface area contributed by atoms with E-state index in [0.717, 1.165) is 30.6 Å². The maximum Gasteiger partial charge on any atom is 0.123 e. The first-order valence-electron chi connectivity index (χ1n) is 8.78. The summed E-state index contributed by atoms with van der Waals surface area (Å²) in [6.07, 6.45) is 3.28. The van der Waals surface area contributed by atoms with Crippen LogP contribution >= 0.6 is 0 Å². The van der Waals surface area contributed by atoms with E-state index < -0.39 is 0 Å². The Bertz CT molecular complexity index is 964. The van der Waals surface area contributed by atoms with Crippen LogP contribution in [-0.4, -0.2) is 23.1 Å². The van der Waals surface area contributed by atoms with Gasteiger partial charge in [-0.1, -0.05) is 23.8 Å². The summed E-state index contributed by atoms with van der Waals surface area (Å²) in [6, 6.07) is 13.4. The molecule has 4 rings (SSSR count). The molecule has 25 heavy (non-hydrogen) atoms. The van der Waals surface area contributed by atoms with Crippen LogP contribution in [0.2, 0.25) is 0 Å². The second-order valence-corrected chi connectivity index (χ2v) is 7.12. The SMILES string of the molecule is C/C(=C/n1c2c(c3cc(C)ccc31)CCN(C)C2)c1ccc(F)cc1. The summed E-state index contributed by atoms with van der Waals surface area (Å²) in [5, 5.41) is 1.37. The summed E-state index contributed by atoms with van der Waals surface area (Å²) in [5.41, 5.74) is 7.58. The molecule has 0 fully saturated rings. The fourth-order valence-corrected chi connectivity index (χ4v) is 3.76. The topological polar surface area (TPSA) is 8.17 Å². The number of nitrogens with zero attached hydrogens (tertiary/aromatic N) is 2. The molecule has 1 aliphatic rings. The Balaban J connectivity index is 1.90. The lowest BCUT2D eigenvalue weighted by Crippen LogP contribution is -2.27. The number of aromatic nitrogens is 1. The van der Waals surface area contributed by atoms with Crippen LogP contribution < -0.4 is 0 Å². The van der Waals surface area contributed by atoms with Crippen molar-refractivity contribution >= 4 is 22.7 Å². The van der Waals surface area contributed by atoms with Crippen LogP contribution in [0.3, 0.4) is 0 Å². The van der Waals surface area contributed by atoms with E-state index in [0.29, 0.717) is 0 Å². The van der Waals surface area contributed by atoms with Gasteiger partial charge >= 0.3 is 0 Å². The van der Waals surface area contributed by atoms with Crippen LogP contribution in [0.1, 0.15) is 29.3 Å². The van der Waals surface area contributed by atoms with Crippen LogP contribution in [0, 0.1) is 12.7 Å². The average Bonchev–Trinajstić information content (AvgIpc) is 2.88. The quantitative estimate of drug-likeness (QED) is 0.633. The number of allylic oxidation sites excluding steroid dienone is 1. The maximum atomic E-state index is 13.2. The molecule has 0 unspecified atom stereocenters. The van der Waals surface area contributed by atoms with Crippen molar-refractivity contribution in [3.8, 4) is 0 Å². The van der Waals surface area contributed by atoms with E-state index in [-0.39, 0.29) is 5.82 Å². The summed E-state index contributed by atoms with van der Waals surface area (Å²) in [5.74, 6) is -0.197. The van der Waals surface area contributed by atoms with E-state index in [4.69, 9.17) is 0 Å². The van der Waals surface area contributed by atoms with Crippen molar-refractivity contribution in [2.75, 3.05) is 13.6 Å². The highest BCUT2D eigenvalue weighted by atomic mass is 19.1. The van der Waals surface area contributed by atoms with Crippen molar-refractivity contribution in [3.63, 3.8) is 0 Å². The Labute approximate surface area is 148 Å². The van der Waals surface area contributed by atoms with Gasteiger partial charge in [0.25, 0.3) is 0 Å². The standard InChI is InChI=1S/C22H23FN2/c1-15-4-9-21-20(12-15)19-10-11-24(3)14-22(19)25(21)13-16(2)17-5-7-18(23)8-6-17/h4-9,12-13H,10-11,14H2,1-3H3/b16-13-. The first kappa shape index (κ1) is 16.1. The van der Waals surface area contributed by atoms with Crippen LogP contribution in [-0.2, 0) is 13.0 Å². The summed E-state index contributed by atoms with van der Waals surface area (Å²) < 4.78 is 15.5. The molecule has 0 saturated carbocycles. The Hall–Kier alpha value is -2.39. The predicted octanol–water partition coefficient (Wildman–Crippen LogP) is 5.09. The molecule has 0 saturated heterocycles. The molecule has 0 spiro atoms. The first-order valence-corrected chi connectivity index (χ1v) is 8.78. The minimum Gasteiger partial charge on any atom is -0.318 e. The van der Waals surface area contributed by atoms with Crippen molar-refractivity contribution in [1.29, 1.82) is 0 Å². The van der Waals surface area contributed by atoms with Gasteiger partial charge in [-0.2, -0.15) is 0 Å². The smallest absolute Gasteiger partial charge is 0.123 e. The average molecular weight is 334 g/mol. The van der Waals surface area contributed by atoms with Gasteiger partial charge in [0.2, 0.25) is 0 Å². The zero-order chi connectivity index (χ0) is 17.6. The van der Waals surface area contributed by atoms with Crippen molar-refractivity contribution in [1.82, 2.24) is 9.47 Å². The Morgan fingerprint density at radius 1 is 1.12 bits per heavy atom. The summed E-state index contributed by atoms with van der Waals surface area (Å²) in [7, 11) is 2.17. The van der Waals surface area contributed by atoms with E-state index in [2.05, 4.69) is 54.8 Å². The molecule has 2 aromatic carbocycles. The third-order valence-electron chi connectivity index (χ3n) is 5.16. The molecule has 128 valence electrons. The minimum atomic E-state index is -0.197. The van der Waals surface area contributed by atoms with Gasteiger partial charge in [-0.05, 0) is 68.3 Å². The van der Waals surface area contributed by atoms with Gasteiger partial charge in [-0.15, -0.1) is 0 Å². The highest BCUT2D eigenvalue weighted by Crippen LogP contribution is 2.32. The zero-order valence-corrected chi connectivity index (χ0v) is 15.0. The molecule has 2 nitrogen and oxygen atoms in total. The molecule has 0 atom stereocenters. The van der Waals surface area contributed by atoms with E-state index in [1.54, 1.807) is 0 Å². The van der Waals surface area contributed by atoms with Gasteiger partial charge in [0.15, 0.2) is 0 Å². The maximum absolute atomic E-state index is 13.2. The summed E-state index contributed by atoms with van der Waals surface area (Å²) in [4.78, 5) is 2.37. The van der Waals surface area contributed by atoms with Crippen LogP contribution in [0.25, 0.3) is 22.7 Å². The van der Waals surface area contributed by atoms with E-state index >= 15 is 0 Å². The molecule has 0 N–H and O–H groups in total. The van der Waals surface area contributed by atoms with Crippen molar-refractivity contribution < 1.29 is 4.39 Å². The summed E-state index contributed by atoms with van der Waals surface area (Å²) >= 11 is 0. The lowest BCUT2D eigenvalue weighted by atomic mass is 10.0. The molecular formula is C22H23FN2. The second-order valence-electron chi connectivity index (χ2n) is 7.12. The van der Waals surface area contributed by atoms with Gasteiger partial charge in [0.1, 0.15) is 5.82 Å². The van der Waals surface area contributed by atoms with Crippen LogP contribution in [0.4, 0.5) is 4.39 Å². The third kappa shape index (κ3) is 2.89. The third-order valence-corrected chi connectivity index (χ3v) is 5.16. The number of benzene rings is 2. The first-order chi connectivity index (χ1) is 12.0. The molecular weight excluding hydrogens is 311 g/mol. The molecule has 3 aromatic rings. The van der Waals surface area contributed by atoms with Crippen molar-refractivity contribution in [2.45, 2.75) is 26.8 Å². The van der Waals surface area contributed by atoms with Crippen molar-refractivity contribution in [3.05, 3.63) is 70.7 Å².